The van der Waals surface area contributed by atoms with Gasteiger partial charge in [-0.1, -0.05) is 35.0 Å². The van der Waals surface area contributed by atoms with E-state index in [4.69, 9.17) is 37.7 Å². The number of fused-ring (bicyclic) bond motifs is 1. The number of hydrogen-bond acceptors (Lipinski definition) is 5. The van der Waals surface area contributed by atoms with E-state index in [2.05, 4.69) is 4.57 Å². The largest absolute Gasteiger partial charge is 0.462 e. The zero-order chi connectivity index (χ0) is 20.1. The number of esters is 1. The smallest absolute Gasteiger partial charge is 0.338 e. The SMILES string of the molecule is CCOC(=O)c1ccc2c(c1)nc(SCc1cc(Cl)ccc1Cl)n2CCOC. The van der Waals surface area contributed by atoms with E-state index in [1.165, 1.54) is 0 Å². The molecule has 1 heterocycles. The lowest BCUT2D eigenvalue weighted by molar-refractivity contribution is 0.0526. The van der Waals surface area contributed by atoms with E-state index in [1.54, 1.807) is 50.1 Å². The van der Waals surface area contributed by atoms with Crippen molar-refractivity contribution in [1.29, 1.82) is 0 Å². The number of ether oxygens (including phenoxy) is 2. The Bertz CT molecular complexity index is 991. The van der Waals surface area contributed by atoms with E-state index in [-0.39, 0.29) is 5.97 Å². The molecule has 5 nitrogen and oxygen atoms in total. The minimum atomic E-state index is -0.351. The zero-order valence-corrected chi connectivity index (χ0v) is 17.9. The van der Waals surface area contributed by atoms with Gasteiger partial charge in [0.2, 0.25) is 0 Å². The molecule has 0 unspecified atom stereocenters. The number of aromatic nitrogens is 2. The van der Waals surface area contributed by atoms with Gasteiger partial charge in [-0.3, -0.25) is 0 Å². The lowest BCUT2D eigenvalue weighted by Crippen LogP contribution is -2.06. The van der Waals surface area contributed by atoms with Crippen LogP contribution in [0.2, 0.25) is 10.0 Å². The number of carbonyl (C=O) groups excluding carboxylic acids is 1. The average Bonchev–Trinajstić information content (AvgIpc) is 3.03. The molecule has 0 radical (unpaired) electrons. The zero-order valence-electron chi connectivity index (χ0n) is 15.6. The highest BCUT2D eigenvalue weighted by atomic mass is 35.5. The number of hydrogen-bond donors (Lipinski definition) is 0. The van der Waals surface area contributed by atoms with Crippen molar-refractivity contribution < 1.29 is 14.3 Å². The quantitative estimate of drug-likeness (QED) is 0.345. The molecule has 2 aromatic carbocycles. The van der Waals surface area contributed by atoms with Gasteiger partial charge in [-0.2, -0.15) is 0 Å². The summed E-state index contributed by atoms with van der Waals surface area (Å²) in [6, 6.07) is 10.8. The van der Waals surface area contributed by atoms with Gasteiger partial charge < -0.3 is 14.0 Å². The summed E-state index contributed by atoms with van der Waals surface area (Å²) < 4.78 is 12.4. The first-order chi connectivity index (χ1) is 13.5. The Morgan fingerprint density at radius 3 is 2.79 bits per heavy atom. The molecule has 3 aromatic rings. The summed E-state index contributed by atoms with van der Waals surface area (Å²) in [5, 5.41) is 2.14. The minimum Gasteiger partial charge on any atom is -0.462 e. The number of imidazole rings is 1. The van der Waals surface area contributed by atoms with Crippen LogP contribution in [-0.2, 0) is 21.8 Å². The first-order valence-electron chi connectivity index (χ1n) is 8.76. The second kappa shape index (κ2) is 9.65. The average molecular weight is 439 g/mol. The van der Waals surface area contributed by atoms with Crippen molar-refractivity contribution in [1.82, 2.24) is 9.55 Å². The van der Waals surface area contributed by atoms with Gasteiger partial charge in [-0.25, -0.2) is 9.78 Å². The molecule has 148 valence electrons. The predicted octanol–water partition coefficient (Wildman–Crippen LogP) is 5.46. The van der Waals surface area contributed by atoms with Crippen molar-refractivity contribution in [2.24, 2.45) is 0 Å². The number of carbonyl (C=O) groups is 1. The van der Waals surface area contributed by atoms with Crippen LogP contribution in [0.3, 0.4) is 0 Å². The standard InChI is InChI=1S/C20H20Cl2N2O3S/c1-3-27-19(25)13-4-7-18-17(11-13)23-20(24(18)8-9-26-2)28-12-14-10-15(21)5-6-16(14)22/h4-7,10-11H,3,8-9,12H2,1-2H3. The van der Waals surface area contributed by atoms with Gasteiger partial charge in [0.1, 0.15) is 0 Å². The molecule has 0 aliphatic heterocycles. The van der Waals surface area contributed by atoms with Gasteiger partial charge >= 0.3 is 5.97 Å². The second-order valence-electron chi connectivity index (χ2n) is 5.99. The molecular weight excluding hydrogens is 419 g/mol. The fraction of sp³-hybridized carbons (Fsp3) is 0.300. The molecule has 0 spiro atoms. The first-order valence-corrected chi connectivity index (χ1v) is 10.5. The molecule has 3 rings (SSSR count). The summed E-state index contributed by atoms with van der Waals surface area (Å²) in [4.78, 5) is 16.7. The molecule has 0 bridgehead atoms. The third-order valence-corrected chi connectivity index (χ3v) is 5.74. The van der Waals surface area contributed by atoms with Crippen LogP contribution in [0, 0.1) is 0 Å². The van der Waals surface area contributed by atoms with Crippen LogP contribution in [-0.4, -0.2) is 35.8 Å². The summed E-state index contributed by atoms with van der Waals surface area (Å²) in [7, 11) is 1.66. The highest BCUT2D eigenvalue weighted by molar-refractivity contribution is 7.98. The third-order valence-electron chi connectivity index (χ3n) is 4.11. The summed E-state index contributed by atoms with van der Waals surface area (Å²) in [6.45, 7) is 3.32. The van der Waals surface area contributed by atoms with Gasteiger partial charge in [0.15, 0.2) is 5.16 Å². The monoisotopic (exact) mass is 438 g/mol. The van der Waals surface area contributed by atoms with Gasteiger partial charge in [0.25, 0.3) is 0 Å². The first kappa shape index (κ1) is 21.0. The number of thioether (sulfide) groups is 1. The van der Waals surface area contributed by atoms with Crippen molar-refractivity contribution in [2.45, 2.75) is 24.4 Å². The second-order valence-corrected chi connectivity index (χ2v) is 7.77. The minimum absolute atomic E-state index is 0.334. The molecule has 0 atom stereocenters. The Morgan fingerprint density at radius 2 is 2.04 bits per heavy atom. The normalized spacial score (nSPS) is 11.1. The lowest BCUT2D eigenvalue weighted by Gasteiger charge is -2.09. The van der Waals surface area contributed by atoms with Gasteiger partial charge in [-0.05, 0) is 48.9 Å². The maximum atomic E-state index is 12.0. The van der Waals surface area contributed by atoms with Gasteiger partial charge in [-0.15, -0.1) is 0 Å². The molecule has 0 fully saturated rings. The number of halogens is 2. The summed E-state index contributed by atoms with van der Waals surface area (Å²) >= 11 is 13.9. The highest BCUT2D eigenvalue weighted by Gasteiger charge is 2.15. The van der Waals surface area contributed by atoms with E-state index in [0.717, 1.165) is 21.8 Å². The summed E-state index contributed by atoms with van der Waals surface area (Å²) in [5.41, 5.74) is 3.10. The Morgan fingerprint density at radius 1 is 1.21 bits per heavy atom. The Kier molecular flexibility index (Phi) is 7.24. The van der Waals surface area contributed by atoms with Crippen molar-refractivity contribution in [3.05, 3.63) is 57.6 Å². The number of methoxy groups -OCH3 is 1. The fourth-order valence-corrected chi connectivity index (χ4v) is 4.24. The fourth-order valence-electron chi connectivity index (χ4n) is 2.75. The topological polar surface area (TPSA) is 53.3 Å². The van der Waals surface area contributed by atoms with Crippen molar-refractivity contribution >= 4 is 52.0 Å². The van der Waals surface area contributed by atoms with Crippen LogP contribution in [0.1, 0.15) is 22.8 Å². The van der Waals surface area contributed by atoms with Gasteiger partial charge in [0.05, 0.1) is 29.8 Å². The van der Waals surface area contributed by atoms with E-state index >= 15 is 0 Å². The Labute approximate surface area is 177 Å². The van der Waals surface area contributed by atoms with Gasteiger partial charge in [0, 0.05) is 29.5 Å². The van der Waals surface area contributed by atoms with E-state index in [1.807, 2.05) is 12.1 Å². The Balaban J connectivity index is 1.92. The molecule has 0 saturated heterocycles. The van der Waals surface area contributed by atoms with Crippen LogP contribution in [0.4, 0.5) is 0 Å². The molecule has 0 aliphatic carbocycles. The molecular formula is C20H20Cl2N2O3S. The molecule has 0 aliphatic rings. The lowest BCUT2D eigenvalue weighted by atomic mass is 10.2. The molecule has 0 saturated carbocycles. The molecule has 8 heteroatoms. The number of nitrogens with zero attached hydrogens (tertiary/aromatic N) is 2. The number of rotatable bonds is 8. The van der Waals surface area contributed by atoms with Crippen LogP contribution in [0.5, 0.6) is 0 Å². The van der Waals surface area contributed by atoms with Crippen LogP contribution in [0.15, 0.2) is 41.6 Å². The molecule has 28 heavy (non-hydrogen) atoms. The summed E-state index contributed by atoms with van der Waals surface area (Å²) in [6.07, 6.45) is 0. The molecule has 0 N–H and O–H groups in total. The van der Waals surface area contributed by atoms with E-state index in [9.17, 15) is 4.79 Å². The third kappa shape index (κ3) is 4.81. The maximum Gasteiger partial charge on any atom is 0.338 e. The summed E-state index contributed by atoms with van der Waals surface area (Å²) in [5.74, 6) is 0.274. The number of benzene rings is 2. The van der Waals surface area contributed by atoms with Crippen molar-refractivity contribution in [3.63, 3.8) is 0 Å². The highest BCUT2D eigenvalue weighted by Crippen LogP contribution is 2.31. The molecule has 0 amide bonds. The van der Waals surface area contributed by atoms with E-state index < -0.39 is 0 Å². The maximum absolute atomic E-state index is 12.0. The predicted molar refractivity (Wildman–Crippen MR) is 114 cm³/mol. The van der Waals surface area contributed by atoms with E-state index in [0.29, 0.717) is 41.1 Å². The van der Waals surface area contributed by atoms with Crippen LogP contribution >= 0.6 is 35.0 Å². The Hall–Kier alpha value is -1.73. The molecule has 1 aromatic heterocycles. The van der Waals surface area contributed by atoms with Crippen LogP contribution < -0.4 is 0 Å². The van der Waals surface area contributed by atoms with Crippen molar-refractivity contribution in [2.75, 3.05) is 20.3 Å². The van der Waals surface area contributed by atoms with Crippen LogP contribution in [0.25, 0.3) is 11.0 Å². The van der Waals surface area contributed by atoms with Crippen molar-refractivity contribution in [3.8, 4) is 0 Å².